The van der Waals surface area contributed by atoms with Gasteiger partial charge < -0.3 is 14.8 Å². The number of ether oxygens (including phenoxy) is 2. The van der Waals surface area contributed by atoms with Crippen molar-refractivity contribution in [3.63, 3.8) is 0 Å². The Bertz CT molecular complexity index is 502. The van der Waals surface area contributed by atoms with Gasteiger partial charge in [0.15, 0.2) is 5.72 Å². The maximum atomic E-state index is 12.2. The van der Waals surface area contributed by atoms with Crippen LogP contribution in [-0.2, 0) is 19.1 Å². The van der Waals surface area contributed by atoms with E-state index in [0.29, 0.717) is 12.3 Å². The topological polar surface area (TPSA) is 80.2 Å². The van der Waals surface area contributed by atoms with Crippen molar-refractivity contribution in [2.45, 2.75) is 90.1 Å². The quantitative estimate of drug-likeness (QED) is 0.602. The average Bonchev–Trinajstić information content (AvgIpc) is 3.19. The lowest BCUT2D eigenvalue weighted by Gasteiger charge is -2.31. The van der Waals surface area contributed by atoms with E-state index in [4.69, 9.17) is 14.3 Å². The number of carbonyl (C=O) groups excluding carboxylic acids is 2. The molecule has 1 saturated heterocycles. The van der Waals surface area contributed by atoms with Crippen molar-refractivity contribution < 1.29 is 23.9 Å². The normalized spacial score (nSPS) is 30.0. The summed E-state index contributed by atoms with van der Waals surface area (Å²) in [6, 6.07) is -0.651. The Morgan fingerprint density at radius 1 is 1.32 bits per heavy atom. The molecule has 2 aliphatic rings. The van der Waals surface area contributed by atoms with Gasteiger partial charge in [-0.05, 0) is 52.4 Å². The number of hydrogen-bond acceptors (Lipinski definition) is 6. The monoisotopic (exact) mass is 356 g/mol. The van der Waals surface area contributed by atoms with E-state index < -0.39 is 23.5 Å². The Hall–Kier alpha value is -1.34. The molecule has 1 N–H and O–H groups in total. The number of amides is 1. The molecule has 1 unspecified atom stereocenters. The van der Waals surface area contributed by atoms with Crippen molar-refractivity contribution in [3.05, 3.63) is 0 Å². The van der Waals surface area contributed by atoms with Crippen molar-refractivity contribution in [1.29, 1.82) is 0 Å². The van der Waals surface area contributed by atoms with E-state index >= 15 is 0 Å². The van der Waals surface area contributed by atoms with E-state index in [2.05, 4.69) is 19.2 Å². The van der Waals surface area contributed by atoms with Gasteiger partial charge in [-0.25, -0.2) is 4.79 Å². The van der Waals surface area contributed by atoms with E-state index in [1.165, 1.54) is 7.11 Å². The Balaban J connectivity index is 2.09. The summed E-state index contributed by atoms with van der Waals surface area (Å²) in [5.74, 6) is 0.0263. The summed E-state index contributed by atoms with van der Waals surface area (Å²) in [5.41, 5.74) is -1.18. The highest BCUT2D eigenvalue weighted by molar-refractivity contribution is 5.76. The molecule has 0 bridgehead atoms. The molecule has 0 radical (unpaired) electrons. The van der Waals surface area contributed by atoms with Crippen LogP contribution in [0.25, 0.3) is 0 Å². The molecular formula is C18H32N2O5. The van der Waals surface area contributed by atoms with Gasteiger partial charge in [-0.1, -0.05) is 20.3 Å². The number of nitrogens with zero attached hydrogens (tertiary/aromatic N) is 1. The molecule has 144 valence electrons. The molecule has 1 amide bonds. The first-order valence-electron chi connectivity index (χ1n) is 9.15. The van der Waals surface area contributed by atoms with Gasteiger partial charge in [0.25, 0.3) is 0 Å². The zero-order valence-electron chi connectivity index (χ0n) is 16.3. The van der Waals surface area contributed by atoms with Crippen LogP contribution in [0.15, 0.2) is 0 Å². The number of hydrogen-bond donors (Lipinski definition) is 1. The number of nitrogens with one attached hydrogen (secondary N) is 1. The minimum atomic E-state index is -0.622. The third kappa shape index (κ3) is 4.85. The number of carbonyl (C=O) groups is 2. The SMILES string of the molecule is COC(=O)[C@H](CC(C)C)N1O[C@]12CCCC[C@@H]2NC(=O)OC(C)(C)C. The van der Waals surface area contributed by atoms with Crippen molar-refractivity contribution in [3.8, 4) is 0 Å². The van der Waals surface area contributed by atoms with E-state index in [1.807, 2.05) is 20.8 Å². The second kappa shape index (κ2) is 7.50. The lowest BCUT2D eigenvalue weighted by Crippen LogP contribution is -2.52. The average molecular weight is 356 g/mol. The second-order valence-electron chi connectivity index (χ2n) is 8.38. The number of alkyl carbamates (subject to hydrolysis) is 1. The maximum Gasteiger partial charge on any atom is 0.408 e. The summed E-state index contributed by atoms with van der Waals surface area (Å²) in [5, 5.41) is 4.68. The number of methoxy groups -OCH3 is 1. The van der Waals surface area contributed by atoms with Gasteiger partial charge in [0.1, 0.15) is 11.6 Å². The van der Waals surface area contributed by atoms with Crippen molar-refractivity contribution in [2.75, 3.05) is 7.11 Å². The third-order valence-corrected chi connectivity index (χ3v) is 4.56. The minimum Gasteiger partial charge on any atom is -0.468 e. The zero-order chi connectivity index (χ0) is 18.8. The highest BCUT2D eigenvalue weighted by Crippen LogP contribution is 2.49. The Morgan fingerprint density at radius 2 is 2.00 bits per heavy atom. The van der Waals surface area contributed by atoms with Crippen LogP contribution in [0, 0.1) is 5.92 Å². The highest BCUT2D eigenvalue weighted by Gasteiger charge is 2.65. The molecule has 1 heterocycles. The maximum absolute atomic E-state index is 12.2. The first kappa shape index (κ1) is 20.0. The van der Waals surface area contributed by atoms with E-state index in [0.717, 1.165) is 25.7 Å². The van der Waals surface area contributed by atoms with Gasteiger partial charge in [-0.15, -0.1) is 5.06 Å². The second-order valence-corrected chi connectivity index (χ2v) is 8.38. The summed E-state index contributed by atoms with van der Waals surface area (Å²) in [6.45, 7) is 9.62. The molecule has 25 heavy (non-hydrogen) atoms. The Labute approximate surface area is 150 Å². The van der Waals surface area contributed by atoms with Crippen LogP contribution < -0.4 is 5.32 Å². The van der Waals surface area contributed by atoms with Crippen LogP contribution in [0.1, 0.15) is 66.7 Å². The Morgan fingerprint density at radius 3 is 2.56 bits per heavy atom. The largest absolute Gasteiger partial charge is 0.468 e. The molecule has 1 aliphatic carbocycles. The van der Waals surface area contributed by atoms with Gasteiger partial charge in [0, 0.05) is 0 Å². The van der Waals surface area contributed by atoms with Gasteiger partial charge in [0.05, 0.1) is 13.2 Å². The van der Waals surface area contributed by atoms with Crippen LogP contribution in [0.4, 0.5) is 4.79 Å². The van der Waals surface area contributed by atoms with Crippen LogP contribution >= 0.6 is 0 Å². The molecule has 2 fully saturated rings. The standard InChI is InChI=1S/C18H32N2O5/c1-12(2)11-13(15(21)23-6)20-18(25-20)10-8-7-9-14(18)19-16(22)24-17(3,4)5/h12-14H,7-11H2,1-6H3,(H,19,22)/t13-,14-,18-,20?/m0/s1. The molecule has 1 saturated carbocycles. The fraction of sp³-hybridized carbons (Fsp3) is 0.889. The number of rotatable bonds is 5. The predicted molar refractivity (Wildman–Crippen MR) is 92.5 cm³/mol. The fourth-order valence-corrected chi connectivity index (χ4v) is 3.48. The van der Waals surface area contributed by atoms with Crippen LogP contribution in [0.3, 0.4) is 0 Å². The van der Waals surface area contributed by atoms with Gasteiger partial charge >= 0.3 is 12.1 Å². The first-order valence-corrected chi connectivity index (χ1v) is 9.15. The van der Waals surface area contributed by atoms with Gasteiger partial charge in [-0.3, -0.25) is 9.63 Å². The number of esters is 1. The first-order chi connectivity index (χ1) is 11.6. The highest BCUT2D eigenvalue weighted by atomic mass is 16.9. The van der Waals surface area contributed by atoms with E-state index in [-0.39, 0.29) is 12.0 Å². The zero-order valence-corrected chi connectivity index (χ0v) is 16.3. The minimum absolute atomic E-state index is 0.199. The van der Waals surface area contributed by atoms with Crippen LogP contribution in [0.5, 0.6) is 0 Å². The molecule has 2 rings (SSSR count). The predicted octanol–water partition coefficient (Wildman–Crippen LogP) is 2.98. The summed E-state index contributed by atoms with van der Waals surface area (Å²) in [6.07, 6.45) is 3.77. The summed E-state index contributed by atoms with van der Waals surface area (Å²) < 4.78 is 10.3. The van der Waals surface area contributed by atoms with Crippen molar-refractivity contribution in [1.82, 2.24) is 10.4 Å². The molecular weight excluding hydrogens is 324 g/mol. The van der Waals surface area contributed by atoms with Crippen molar-refractivity contribution in [2.24, 2.45) is 5.92 Å². The lowest BCUT2D eigenvalue weighted by atomic mass is 9.87. The smallest absolute Gasteiger partial charge is 0.408 e. The molecule has 0 aromatic heterocycles. The molecule has 1 aliphatic heterocycles. The van der Waals surface area contributed by atoms with E-state index in [1.54, 1.807) is 5.06 Å². The summed E-state index contributed by atoms with van der Waals surface area (Å²) in [7, 11) is 1.39. The van der Waals surface area contributed by atoms with Crippen LogP contribution in [0.2, 0.25) is 0 Å². The van der Waals surface area contributed by atoms with E-state index in [9.17, 15) is 9.59 Å². The molecule has 0 aromatic rings. The Kier molecular flexibility index (Phi) is 5.99. The van der Waals surface area contributed by atoms with Gasteiger partial charge in [-0.2, -0.15) is 0 Å². The molecule has 4 atom stereocenters. The summed E-state index contributed by atoms with van der Waals surface area (Å²) in [4.78, 5) is 30.3. The lowest BCUT2D eigenvalue weighted by molar-refractivity contribution is -0.148. The molecule has 0 aromatic carbocycles. The van der Waals surface area contributed by atoms with Gasteiger partial charge in [0.2, 0.25) is 0 Å². The van der Waals surface area contributed by atoms with Crippen molar-refractivity contribution >= 4 is 12.1 Å². The fourth-order valence-electron chi connectivity index (χ4n) is 3.48. The molecule has 1 spiro atoms. The molecule has 7 nitrogen and oxygen atoms in total. The number of hydroxylamine groups is 2. The third-order valence-electron chi connectivity index (χ3n) is 4.56. The molecule has 7 heteroatoms. The van der Waals surface area contributed by atoms with Crippen LogP contribution in [-0.4, -0.2) is 47.6 Å². The summed E-state index contributed by atoms with van der Waals surface area (Å²) >= 11 is 0.